The van der Waals surface area contributed by atoms with Gasteiger partial charge in [-0.25, -0.2) is 0 Å². The first kappa shape index (κ1) is 15.0. The number of hydrogen-bond acceptors (Lipinski definition) is 5. The van der Waals surface area contributed by atoms with Gasteiger partial charge in [-0.2, -0.15) is 0 Å². The Bertz CT molecular complexity index is 635. The number of carbonyl (C=O) groups excluding carboxylic acids is 1. The highest BCUT2D eigenvalue weighted by Crippen LogP contribution is 2.54. The summed E-state index contributed by atoms with van der Waals surface area (Å²) in [7, 11) is 3.24. The van der Waals surface area contributed by atoms with Crippen LogP contribution in [0.2, 0.25) is 0 Å². The monoisotopic (exact) mass is 318 g/mol. The highest BCUT2D eigenvalue weighted by molar-refractivity contribution is 6.05. The van der Waals surface area contributed by atoms with Gasteiger partial charge in [0.25, 0.3) is 0 Å². The zero-order valence-electron chi connectivity index (χ0n) is 13.6. The first-order valence-electron chi connectivity index (χ1n) is 8.19. The number of benzene rings is 1. The lowest BCUT2D eigenvalue weighted by Gasteiger charge is -2.41. The van der Waals surface area contributed by atoms with E-state index in [1.165, 1.54) is 0 Å². The number of ketones is 1. The van der Waals surface area contributed by atoms with E-state index < -0.39 is 5.79 Å². The number of rotatable bonds is 2. The van der Waals surface area contributed by atoms with Crippen LogP contribution >= 0.6 is 0 Å². The van der Waals surface area contributed by atoms with Crippen molar-refractivity contribution in [2.24, 2.45) is 0 Å². The van der Waals surface area contributed by atoms with E-state index in [9.17, 15) is 4.79 Å². The molecule has 0 unspecified atom stereocenters. The van der Waals surface area contributed by atoms with E-state index in [-0.39, 0.29) is 11.2 Å². The molecule has 0 bridgehead atoms. The molecule has 4 rings (SSSR count). The summed E-state index contributed by atoms with van der Waals surface area (Å²) >= 11 is 0. The van der Waals surface area contributed by atoms with Gasteiger partial charge in [0.2, 0.25) is 0 Å². The van der Waals surface area contributed by atoms with Gasteiger partial charge in [-0.05, 0) is 24.5 Å². The van der Waals surface area contributed by atoms with Crippen molar-refractivity contribution < 1.29 is 23.7 Å². The second kappa shape index (κ2) is 5.21. The molecule has 1 saturated carbocycles. The van der Waals surface area contributed by atoms with E-state index in [2.05, 4.69) is 0 Å². The normalized spacial score (nSPS) is 24.2. The van der Waals surface area contributed by atoms with Crippen LogP contribution in [0, 0.1) is 0 Å². The lowest BCUT2D eigenvalue weighted by molar-refractivity contribution is -0.184. The van der Waals surface area contributed by atoms with Crippen molar-refractivity contribution in [1.82, 2.24) is 0 Å². The number of methoxy groups -OCH3 is 2. The fourth-order valence-electron chi connectivity index (χ4n) is 4.41. The zero-order chi connectivity index (χ0) is 16.1. The average molecular weight is 318 g/mol. The molecule has 5 nitrogen and oxygen atoms in total. The molecule has 1 aromatic carbocycles. The Hall–Kier alpha value is -1.59. The second-order valence-electron chi connectivity index (χ2n) is 6.74. The van der Waals surface area contributed by atoms with Crippen molar-refractivity contribution in [2.75, 3.05) is 27.4 Å². The Morgan fingerprint density at radius 1 is 1.00 bits per heavy atom. The Balaban J connectivity index is 1.72. The van der Waals surface area contributed by atoms with Crippen LogP contribution in [0.25, 0.3) is 0 Å². The fourth-order valence-corrected chi connectivity index (χ4v) is 4.41. The molecule has 5 heteroatoms. The molecular formula is C18H22O5. The lowest BCUT2D eigenvalue weighted by Crippen LogP contribution is -2.41. The number of Topliss-reactive ketones (excluding diaryl/α,β-unsaturated/α-hetero) is 1. The van der Waals surface area contributed by atoms with Crippen molar-refractivity contribution in [1.29, 1.82) is 0 Å². The summed E-state index contributed by atoms with van der Waals surface area (Å²) < 4.78 is 22.5. The Morgan fingerprint density at radius 2 is 1.70 bits per heavy atom. The Labute approximate surface area is 135 Å². The molecule has 2 fully saturated rings. The van der Waals surface area contributed by atoms with Crippen LogP contribution in [0.3, 0.4) is 0 Å². The average Bonchev–Trinajstić information content (AvgIpc) is 3.14. The molecule has 0 atom stereocenters. The van der Waals surface area contributed by atoms with E-state index in [4.69, 9.17) is 18.9 Å². The minimum absolute atomic E-state index is 0.130. The van der Waals surface area contributed by atoms with Crippen LogP contribution in [-0.2, 0) is 14.9 Å². The summed E-state index contributed by atoms with van der Waals surface area (Å²) in [6, 6.07) is 3.81. The molecule has 0 radical (unpaired) electrons. The van der Waals surface area contributed by atoms with Crippen LogP contribution in [0.1, 0.15) is 48.0 Å². The first-order valence-corrected chi connectivity index (χ1v) is 8.19. The summed E-state index contributed by atoms with van der Waals surface area (Å²) in [5, 5.41) is 0. The van der Waals surface area contributed by atoms with E-state index in [1.807, 2.05) is 6.07 Å². The fraction of sp³-hybridized carbons (Fsp3) is 0.611. The third-order valence-corrected chi connectivity index (χ3v) is 5.66. The number of carbonyl (C=O) groups is 1. The highest BCUT2D eigenvalue weighted by Gasteiger charge is 2.52. The predicted molar refractivity (Wildman–Crippen MR) is 83.3 cm³/mol. The summed E-state index contributed by atoms with van der Waals surface area (Å²) in [4.78, 5) is 12.6. The van der Waals surface area contributed by atoms with Gasteiger partial charge in [0.1, 0.15) is 11.5 Å². The van der Waals surface area contributed by atoms with Crippen LogP contribution < -0.4 is 9.47 Å². The van der Waals surface area contributed by atoms with Crippen LogP contribution in [0.4, 0.5) is 0 Å². The minimum atomic E-state index is -0.417. The van der Waals surface area contributed by atoms with Gasteiger partial charge in [-0.3, -0.25) is 4.79 Å². The quantitative estimate of drug-likeness (QED) is 0.839. The molecule has 0 amide bonds. The number of hydrogen-bond donors (Lipinski definition) is 0. The van der Waals surface area contributed by atoms with Gasteiger partial charge in [-0.15, -0.1) is 0 Å². The molecule has 1 heterocycles. The van der Waals surface area contributed by atoms with E-state index in [0.717, 1.165) is 42.6 Å². The SMILES string of the molecule is COc1cc(OC)c2c(c1)C1(CCC3(CC1)OCCO3)CC2=O. The van der Waals surface area contributed by atoms with E-state index >= 15 is 0 Å². The maximum absolute atomic E-state index is 12.6. The van der Waals surface area contributed by atoms with Gasteiger partial charge >= 0.3 is 0 Å². The summed E-state index contributed by atoms with van der Waals surface area (Å²) in [5.74, 6) is 1.11. The van der Waals surface area contributed by atoms with Crippen molar-refractivity contribution in [3.63, 3.8) is 0 Å². The Morgan fingerprint density at radius 3 is 2.30 bits per heavy atom. The lowest BCUT2D eigenvalue weighted by atomic mass is 9.68. The van der Waals surface area contributed by atoms with E-state index in [1.54, 1.807) is 20.3 Å². The molecular weight excluding hydrogens is 296 g/mol. The molecule has 0 N–H and O–H groups in total. The second-order valence-corrected chi connectivity index (χ2v) is 6.74. The molecule has 2 aliphatic carbocycles. The number of fused-ring (bicyclic) bond motifs is 2. The standard InChI is InChI=1S/C18H22O5/c1-20-12-9-13-16(15(10-12)21-2)14(19)11-17(13)3-5-18(6-4-17)22-7-8-23-18/h9-10H,3-8,11H2,1-2H3. The van der Waals surface area contributed by atoms with Gasteiger partial charge in [0.05, 0.1) is 33.0 Å². The van der Waals surface area contributed by atoms with Crippen LogP contribution in [0.15, 0.2) is 12.1 Å². The molecule has 23 heavy (non-hydrogen) atoms. The molecule has 1 saturated heterocycles. The summed E-state index contributed by atoms with van der Waals surface area (Å²) in [6.45, 7) is 1.34. The van der Waals surface area contributed by atoms with Gasteiger partial charge in [0, 0.05) is 30.7 Å². The van der Waals surface area contributed by atoms with Gasteiger partial charge in [0.15, 0.2) is 11.6 Å². The summed E-state index contributed by atoms with van der Waals surface area (Å²) in [5.41, 5.74) is 1.68. The maximum atomic E-state index is 12.6. The Kier molecular flexibility index (Phi) is 3.39. The van der Waals surface area contributed by atoms with Crippen molar-refractivity contribution in [2.45, 2.75) is 43.3 Å². The zero-order valence-corrected chi connectivity index (χ0v) is 13.6. The summed E-state index contributed by atoms with van der Waals surface area (Å²) in [6.07, 6.45) is 3.99. The van der Waals surface area contributed by atoms with Crippen LogP contribution in [0.5, 0.6) is 11.5 Å². The van der Waals surface area contributed by atoms with Gasteiger partial charge in [-0.1, -0.05) is 0 Å². The maximum Gasteiger partial charge on any atom is 0.168 e. The number of ether oxygens (including phenoxy) is 4. The molecule has 2 spiro atoms. The highest BCUT2D eigenvalue weighted by atomic mass is 16.7. The molecule has 0 aromatic heterocycles. The molecule has 1 aliphatic heterocycles. The van der Waals surface area contributed by atoms with Crippen molar-refractivity contribution >= 4 is 5.78 Å². The molecule has 1 aromatic rings. The third-order valence-electron chi connectivity index (χ3n) is 5.66. The van der Waals surface area contributed by atoms with Crippen molar-refractivity contribution in [3.8, 4) is 11.5 Å². The van der Waals surface area contributed by atoms with E-state index in [0.29, 0.717) is 25.4 Å². The molecule has 124 valence electrons. The van der Waals surface area contributed by atoms with Gasteiger partial charge < -0.3 is 18.9 Å². The minimum Gasteiger partial charge on any atom is -0.497 e. The van der Waals surface area contributed by atoms with Crippen LogP contribution in [-0.4, -0.2) is 39.0 Å². The largest absolute Gasteiger partial charge is 0.497 e. The predicted octanol–water partition coefficient (Wildman–Crippen LogP) is 2.85. The smallest absolute Gasteiger partial charge is 0.168 e. The third kappa shape index (κ3) is 2.17. The van der Waals surface area contributed by atoms with Crippen molar-refractivity contribution in [3.05, 3.63) is 23.3 Å². The molecule has 3 aliphatic rings. The topological polar surface area (TPSA) is 54.0 Å². The first-order chi connectivity index (χ1) is 11.1.